The molecule has 0 spiro atoms. The second kappa shape index (κ2) is 7.75. The van der Waals surface area contributed by atoms with Crippen molar-refractivity contribution in [2.24, 2.45) is 0 Å². The molecule has 0 saturated heterocycles. The number of benzene rings is 2. The maximum Gasteiger partial charge on any atom is 0.273 e. The molecular weight excluding hydrogens is 411 g/mol. The molecule has 28 heavy (non-hydrogen) atoms. The molecule has 150 valence electrons. The Hall–Kier alpha value is -2.07. The van der Waals surface area contributed by atoms with Crippen molar-refractivity contribution < 1.29 is 22.8 Å². The molecule has 3 rings (SSSR count). The third-order valence-corrected chi connectivity index (χ3v) is 6.98. The van der Waals surface area contributed by atoms with Gasteiger partial charge in [0.1, 0.15) is 10.7 Å². The Balaban J connectivity index is 1.96. The van der Waals surface area contributed by atoms with Gasteiger partial charge in [0.25, 0.3) is 5.69 Å². The van der Waals surface area contributed by atoms with Crippen LogP contribution in [0, 0.1) is 22.9 Å². The number of halogens is 2. The molecule has 2 aromatic carbocycles. The van der Waals surface area contributed by atoms with Gasteiger partial charge in [0.15, 0.2) is 0 Å². The van der Waals surface area contributed by atoms with Crippen molar-refractivity contribution in [3.63, 3.8) is 0 Å². The Morgan fingerprint density at radius 2 is 1.93 bits per heavy atom. The molecule has 0 aliphatic heterocycles. The number of hydrogen-bond acceptors (Lipinski definition) is 5. The van der Waals surface area contributed by atoms with Crippen LogP contribution in [-0.2, 0) is 10.0 Å². The van der Waals surface area contributed by atoms with Crippen LogP contribution in [0.1, 0.15) is 30.1 Å². The Bertz CT molecular complexity index is 1010. The fourth-order valence-electron chi connectivity index (χ4n) is 2.93. The van der Waals surface area contributed by atoms with Gasteiger partial charge < -0.3 is 5.11 Å². The van der Waals surface area contributed by atoms with E-state index in [0.717, 1.165) is 10.4 Å². The first-order valence-electron chi connectivity index (χ1n) is 8.51. The smallest absolute Gasteiger partial charge is 0.273 e. The quantitative estimate of drug-likeness (QED) is 0.536. The number of sulfonamides is 1. The third kappa shape index (κ3) is 4.17. The molecular formula is C18H18ClFN2O5S. The van der Waals surface area contributed by atoms with Gasteiger partial charge in [-0.25, -0.2) is 12.8 Å². The largest absolute Gasteiger partial charge is 0.387 e. The van der Waals surface area contributed by atoms with Gasteiger partial charge in [-0.3, -0.25) is 10.1 Å². The third-order valence-electron chi connectivity index (χ3n) is 4.60. The van der Waals surface area contributed by atoms with E-state index in [1.54, 1.807) is 0 Å². The van der Waals surface area contributed by atoms with E-state index in [1.807, 2.05) is 0 Å². The summed E-state index contributed by atoms with van der Waals surface area (Å²) in [6.45, 7) is 1.20. The molecule has 1 fully saturated rings. The summed E-state index contributed by atoms with van der Waals surface area (Å²) in [5, 5.41) is 21.5. The lowest BCUT2D eigenvalue weighted by atomic mass is 10.1. The van der Waals surface area contributed by atoms with Crippen LogP contribution in [0.2, 0.25) is 5.02 Å². The molecule has 0 heterocycles. The fraction of sp³-hybridized carbons (Fsp3) is 0.333. The molecule has 1 aliphatic carbocycles. The minimum absolute atomic E-state index is 0.120. The van der Waals surface area contributed by atoms with Gasteiger partial charge in [-0.1, -0.05) is 23.7 Å². The highest BCUT2D eigenvalue weighted by atomic mass is 35.5. The number of nitrogens with zero attached hydrogens (tertiary/aromatic N) is 2. The van der Waals surface area contributed by atoms with Crippen LogP contribution in [0.3, 0.4) is 0 Å². The van der Waals surface area contributed by atoms with Crippen LogP contribution in [-0.4, -0.2) is 35.3 Å². The maximum atomic E-state index is 13.2. The Morgan fingerprint density at radius 1 is 1.32 bits per heavy atom. The standard InChI is InChI=1S/C18H18ClFN2O5S/c1-11-8-15(19)18(9-16(11)22(24)25)28(26,27)21(14-6-7-14)10-17(23)12-2-4-13(20)5-3-12/h2-5,8-9,14,17,23H,6-7,10H2,1H3/t17-/m0/s1. The van der Waals surface area contributed by atoms with Crippen molar-refractivity contribution in [3.8, 4) is 0 Å². The van der Waals surface area contributed by atoms with E-state index >= 15 is 0 Å². The first kappa shape index (κ1) is 20.7. The minimum atomic E-state index is -4.19. The molecule has 1 atom stereocenters. The zero-order chi connectivity index (χ0) is 20.6. The Kier molecular flexibility index (Phi) is 5.72. The average molecular weight is 429 g/mol. The van der Waals surface area contributed by atoms with E-state index in [4.69, 9.17) is 11.6 Å². The lowest BCUT2D eigenvalue weighted by Gasteiger charge is -2.25. The molecule has 0 unspecified atom stereocenters. The summed E-state index contributed by atoms with van der Waals surface area (Å²) < 4.78 is 40.6. The van der Waals surface area contributed by atoms with Crippen molar-refractivity contribution >= 4 is 27.3 Å². The van der Waals surface area contributed by atoms with Crippen molar-refractivity contribution in [3.05, 3.63) is 68.5 Å². The highest BCUT2D eigenvalue weighted by Crippen LogP contribution is 2.37. The van der Waals surface area contributed by atoms with Crippen LogP contribution in [0.4, 0.5) is 10.1 Å². The van der Waals surface area contributed by atoms with Crippen LogP contribution >= 0.6 is 11.6 Å². The second-order valence-electron chi connectivity index (χ2n) is 6.70. The molecule has 0 radical (unpaired) electrons. The summed E-state index contributed by atoms with van der Waals surface area (Å²) in [4.78, 5) is 10.2. The number of nitro benzene ring substituents is 1. The van der Waals surface area contributed by atoms with E-state index in [0.29, 0.717) is 18.4 Å². The number of aliphatic hydroxyl groups excluding tert-OH is 1. The summed E-state index contributed by atoms with van der Waals surface area (Å²) in [6, 6.07) is 6.98. The summed E-state index contributed by atoms with van der Waals surface area (Å²) in [6.07, 6.45) is 0.0391. The van der Waals surface area contributed by atoms with E-state index in [-0.39, 0.29) is 33.8 Å². The minimum Gasteiger partial charge on any atom is -0.387 e. The van der Waals surface area contributed by atoms with E-state index in [2.05, 4.69) is 0 Å². The number of aliphatic hydroxyl groups is 1. The predicted molar refractivity (Wildman–Crippen MR) is 101 cm³/mol. The SMILES string of the molecule is Cc1cc(Cl)c(S(=O)(=O)N(C[C@H](O)c2ccc(F)cc2)C2CC2)cc1[N+](=O)[O-]. The molecule has 1 saturated carbocycles. The molecule has 0 amide bonds. The summed E-state index contributed by atoms with van der Waals surface area (Å²) in [7, 11) is -4.19. The van der Waals surface area contributed by atoms with Crippen molar-refractivity contribution in [1.82, 2.24) is 4.31 Å². The molecule has 10 heteroatoms. The number of aryl methyl sites for hydroxylation is 1. The van der Waals surface area contributed by atoms with Crippen molar-refractivity contribution in [2.45, 2.75) is 36.8 Å². The van der Waals surface area contributed by atoms with Gasteiger partial charge >= 0.3 is 0 Å². The molecule has 1 aliphatic rings. The monoisotopic (exact) mass is 428 g/mol. The van der Waals surface area contributed by atoms with Gasteiger partial charge in [0.2, 0.25) is 10.0 Å². The highest BCUT2D eigenvalue weighted by molar-refractivity contribution is 7.89. The number of rotatable bonds is 7. The van der Waals surface area contributed by atoms with E-state index in [1.165, 1.54) is 37.3 Å². The van der Waals surface area contributed by atoms with Gasteiger partial charge in [0.05, 0.1) is 16.0 Å². The van der Waals surface area contributed by atoms with Gasteiger partial charge in [-0.2, -0.15) is 4.31 Å². The summed E-state index contributed by atoms with van der Waals surface area (Å²) >= 11 is 6.10. The summed E-state index contributed by atoms with van der Waals surface area (Å²) in [5.74, 6) is -0.471. The number of nitro groups is 1. The molecule has 1 N–H and O–H groups in total. The highest BCUT2D eigenvalue weighted by Gasteiger charge is 2.40. The first-order valence-corrected chi connectivity index (χ1v) is 10.3. The van der Waals surface area contributed by atoms with Gasteiger partial charge in [-0.15, -0.1) is 0 Å². The lowest BCUT2D eigenvalue weighted by Crippen LogP contribution is -2.36. The molecule has 0 aromatic heterocycles. The maximum absolute atomic E-state index is 13.2. The lowest BCUT2D eigenvalue weighted by molar-refractivity contribution is -0.385. The first-order chi connectivity index (χ1) is 13.1. The zero-order valence-corrected chi connectivity index (χ0v) is 16.5. The Morgan fingerprint density at radius 3 is 2.46 bits per heavy atom. The molecule has 7 nitrogen and oxygen atoms in total. The summed E-state index contributed by atoms with van der Waals surface area (Å²) in [5.41, 5.74) is 0.263. The predicted octanol–water partition coefficient (Wildman–Crippen LogP) is 3.58. The normalized spacial score (nSPS) is 15.6. The fourth-order valence-corrected chi connectivity index (χ4v) is 5.20. The second-order valence-corrected chi connectivity index (χ2v) is 8.97. The van der Waals surface area contributed by atoms with E-state index in [9.17, 15) is 28.0 Å². The van der Waals surface area contributed by atoms with Crippen LogP contribution < -0.4 is 0 Å². The zero-order valence-electron chi connectivity index (χ0n) is 14.9. The Labute approximate surface area is 166 Å². The van der Waals surface area contributed by atoms with Crippen LogP contribution in [0.5, 0.6) is 0 Å². The van der Waals surface area contributed by atoms with Crippen molar-refractivity contribution in [1.29, 1.82) is 0 Å². The number of hydrogen-bond donors (Lipinski definition) is 1. The molecule has 0 bridgehead atoms. The topological polar surface area (TPSA) is 101 Å². The average Bonchev–Trinajstić information content (AvgIpc) is 3.44. The van der Waals surface area contributed by atoms with Crippen LogP contribution in [0.25, 0.3) is 0 Å². The van der Waals surface area contributed by atoms with Gasteiger partial charge in [0, 0.05) is 24.2 Å². The molecule has 2 aromatic rings. The van der Waals surface area contributed by atoms with E-state index < -0.39 is 26.9 Å². The van der Waals surface area contributed by atoms with Gasteiger partial charge in [-0.05, 0) is 43.5 Å². The van der Waals surface area contributed by atoms with Crippen LogP contribution in [0.15, 0.2) is 41.3 Å². The van der Waals surface area contributed by atoms with Crippen molar-refractivity contribution in [2.75, 3.05) is 6.54 Å².